The van der Waals surface area contributed by atoms with Crippen LogP contribution in [0.15, 0.2) is 35.3 Å². The highest BCUT2D eigenvalue weighted by Gasteiger charge is 2.39. The third kappa shape index (κ3) is 2.66. The predicted octanol–water partition coefficient (Wildman–Crippen LogP) is 2.54. The number of nitrogens with one attached hydrogen (secondary N) is 1. The number of amidine groups is 1. The van der Waals surface area contributed by atoms with Crippen LogP contribution in [0.3, 0.4) is 0 Å². The number of nitrogens with zero attached hydrogens (tertiary/aromatic N) is 1. The lowest BCUT2D eigenvalue weighted by Gasteiger charge is -2.23. The largest absolute Gasteiger partial charge is 0.389 e. The molecule has 1 aliphatic heterocycles. The average molecular weight is 276 g/mol. The fourth-order valence-corrected chi connectivity index (χ4v) is 2.04. The van der Waals surface area contributed by atoms with E-state index in [2.05, 4.69) is 10.3 Å². The summed E-state index contributed by atoms with van der Waals surface area (Å²) in [5.74, 6) is -0.219. The number of hydrogen-bond donors (Lipinski definition) is 1. The number of ether oxygens (including phenoxy) is 1. The quantitative estimate of drug-likeness (QED) is 0.666. The number of hydrogen-bond acceptors (Lipinski definition) is 4. The van der Waals surface area contributed by atoms with E-state index in [1.165, 1.54) is 0 Å². The van der Waals surface area contributed by atoms with E-state index in [0.29, 0.717) is 10.6 Å². The molecule has 4 nitrogen and oxygen atoms in total. The van der Waals surface area contributed by atoms with E-state index in [-0.39, 0.29) is 11.9 Å². The maximum Gasteiger partial charge on any atom is 0.345 e. The topological polar surface area (TPSA) is 50.7 Å². The van der Waals surface area contributed by atoms with Crippen molar-refractivity contribution in [3.8, 4) is 0 Å². The van der Waals surface area contributed by atoms with Crippen molar-refractivity contribution in [2.75, 3.05) is 0 Å². The monoisotopic (exact) mass is 276 g/mol. The second kappa shape index (κ2) is 5.09. The Labute approximate surface area is 117 Å². The van der Waals surface area contributed by atoms with Gasteiger partial charge < -0.3 is 10.1 Å². The highest BCUT2D eigenvalue weighted by atomic mass is 32.1. The summed E-state index contributed by atoms with van der Waals surface area (Å²) in [4.78, 5) is 16.9. The molecular weight excluding hydrogens is 260 g/mol. The van der Waals surface area contributed by atoms with Crippen LogP contribution in [0, 0.1) is 5.92 Å². The summed E-state index contributed by atoms with van der Waals surface area (Å²) in [6.45, 7) is 5.98. The molecule has 1 aromatic rings. The molecule has 0 bridgehead atoms. The number of rotatable bonds is 2. The van der Waals surface area contributed by atoms with Crippen LogP contribution in [0.4, 0.5) is 0 Å². The molecule has 0 saturated heterocycles. The number of carbonyl (C=O) groups excluding carboxylic acids is 1. The van der Waals surface area contributed by atoms with Crippen LogP contribution in [0.1, 0.15) is 31.1 Å². The maximum absolute atomic E-state index is 11.9. The van der Waals surface area contributed by atoms with Crippen molar-refractivity contribution >= 4 is 29.2 Å². The first kappa shape index (κ1) is 13.7. The van der Waals surface area contributed by atoms with Crippen LogP contribution in [0.2, 0.25) is 0 Å². The van der Waals surface area contributed by atoms with Crippen molar-refractivity contribution in [3.63, 3.8) is 0 Å². The third-order valence-corrected chi connectivity index (χ3v) is 3.85. The summed E-state index contributed by atoms with van der Waals surface area (Å²) < 4.78 is 5.23. The molecule has 1 heterocycles. The zero-order valence-corrected chi connectivity index (χ0v) is 12.0. The Morgan fingerprint density at radius 2 is 2.00 bits per heavy atom. The van der Waals surface area contributed by atoms with Gasteiger partial charge in [-0.25, -0.2) is 9.79 Å². The van der Waals surface area contributed by atoms with Crippen molar-refractivity contribution in [3.05, 3.63) is 35.9 Å². The second-order valence-electron chi connectivity index (χ2n) is 4.93. The van der Waals surface area contributed by atoms with Gasteiger partial charge in [0, 0.05) is 0 Å². The van der Waals surface area contributed by atoms with Crippen LogP contribution in [0.5, 0.6) is 0 Å². The Hall–Kier alpha value is -1.75. The van der Waals surface area contributed by atoms with Gasteiger partial charge in [-0.3, -0.25) is 0 Å². The van der Waals surface area contributed by atoms with Gasteiger partial charge in [-0.1, -0.05) is 44.3 Å². The van der Waals surface area contributed by atoms with E-state index in [0.717, 1.165) is 0 Å². The fourth-order valence-electron chi connectivity index (χ4n) is 1.67. The van der Waals surface area contributed by atoms with Gasteiger partial charge in [-0.15, -0.1) is 0 Å². The molecule has 1 N–H and O–H groups in total. The van der Waals surface area contributed by atoms with Crippen LogP contribution in [-0.2, 0) is 4.74 Å². The minimum Gasteiger partial charge on any atom is -0.389 e. The summed E-state index contributed by atoms with van der Waals surface area (Å²) in [5, 5.41) is 2.86. The molecule has 100 valence electrons. The highest BCUT2D eigenvalue weighted by molar-refractivity contribution is 7.80. The Kier molecular flexibility index (Phi) is 3.66. The van der Waals surface area contributed by atoms with Crippen molar-refractivity contribution in [2.24, 2.45) is 10.9 Å². The Morgan fingerprint density at radius 1 is 1.37 bits per heavy atom. The first-order valence-corrected chi connectivity index (χ1v) is 6.53. The smallest absolute Gasteiger partial charge is 0.345 e. The van der Waals surface area contributed by atoms with Crippen molar-refractivity contribution in [1.82, 2.24) is 5.32 Å². The Bertz CT molecular complexity index is 540. The molecule has 0 aromatic heterocycles. The van der Waals surface area contributed by atoms with Crippen LogP contribution >= 0.6 is 12.2 Å². The molecule has 0 amide bonds. The lowest BCUT2D eigenvalue weighted by molar-refractivity contribution is 0.0711. The number of aliphatic imine (C=N–C) groups is 1. The maximum atomic E-state index is 11.9. The summed E-state index contributed by atoms with van der Waals surface area (Å²) >= 11 is 5.26. The highest BCUT2D eigenvalue weighted by Crippen LogP contribution is 2.26. The molecule has 5 heteroatoms. The Morgan fingerprint density at radius 3 is 2.53 bits per heavy atom. The van der Waals surface area contributed by atoms with E-state index in [1.807, 2.05) is 26.8 Å². The molecule has 1 aliphatic rings. The van der Waals surface area contributed by atoms with Gasteiger partial charge >= 0.3 is 5.97 Å². The van der Waals surface area contributed by atoms with Crippen molar-refractivity contribution < 1.29 is 9.53 Å². The van der Waals surface area contributed by atoms with Crippen molar-refractivity contribution in [2.45, 2.75) is 26.3 Å². The van der Waals surface area contributed by atoms with Gasteiger partial charge in [0.05, 0.1) is 5.56 Å². The minimum atomic E-state index is -0.512. The van der Waals surface area contributed by atoms with E-state index in [4.69, 9.17) is 17.0 Å². The number of esters is 1. The molecule has 0 radical (unpaired) electrons. The SMILES string of the molecule is CC(C)C1(C)N=C(OC(=O)c2ccccc2)NC1=S. The van der Waals surface area contributed by atoms with Crippen LogP contribution in [0.25, 0.3) is 0 Å². The molecule has 1 aromatic carbocycles. The number of benzene rings is 1. The molecule has 19 heavy (non-hydrogen) atoms. The molecule has 2 rings (SSSR count). The molecule has 1 unspecified atom stereocenters. The van der Waals surface area contributed by atoms with Gasteiger partial charge in [-0.05, 0) is 25.0 Å². The third-order valence-electron chi connectivity index (χ3n) is 3.34. The van der Waals surface area contributed by atoms with Gasteiger partial charge in [-0.2, -0.15) is 0 Å². The molecule has 0 saturated carbocycles. The first-order valence-electron chi connectivity index (χ1n) is 6.12. The molecule has 0 fully saturated rings. The van der Waals surface area contributed by atoms with Gasteiger partial charge in [0.15, 0.2) is 0 Å². The molecule has 0 spiro atoms. The van der Waals surface area contributed by atoms with E-state index in [9.17, 15) is 4.79 Å². The number of thiocarbonyl (C=S) groups is 1. The van der Waals surface area contributed by atoms with E-state index in [1.54, 1.807) is 24.3 Å². The van der Waals surface area contributed by atoms with Gasteiger partial charge in [0.1, 0.15) is 10.5 Å². The van der Waals surface area contributed by atoms with Crippen LogP contribution in [-0.4, -0.2) is 22.5 Å². The van der Waals surface area contributed by atoms with Crippen molar-refractivity contribution in [1.29, 1.82) is 0 Å². The summed E-state index contributed by atoms with van der Waals surface area (Å²) in [5.41, 5.74) is -0.0298. The fraction of sp³-hybridized carbons (Fsp3) is 0.357. The summed E-state index contributed by atoms with van der Waals surface area (Å²) in [7, 11) is 0. The van der Waals surface area contributed by atoms with Gasteiger partial charge in [0.2, 0.25) is 0 Å². The first-order chi connectivity index (χ1) is 8.93. The number of carbonyl (C=O) groups is 1. The minimum absolute atomic E-state index is 0.176. The molecule has 0 aliphatic carbocycles. The van der Waals surface area contributed by atoms with Crippen LogP contribution < -0.4 is 5.32 Å². The standard InChI is InChI=1S/C14H16N2O2S/c1-9(2)14(3)12(19)15-13(16-14)18-11(17)10-7-5-4-6-8-10/h4-9H,1-3H3,(H,15,16,19). The molecule has 1 atom stereocenters. The summed E-state index contributed by atoms with van der Waals surface area (Å²) in [6, 6.07) is 8.96. The zero-order valence-electron chi connectivity index (χ0n) is 11.1. The normalized spacial score (nSPS) is 22.1. The second-order valence-corrected chi connectivity index (χ2v) is 5.34. The Balaban J connectivity index is 2.14. The average Bonchev–Trinajstić information content (AvgIpc) is 2.67. The van der Waals surface area contributed by atoms with Gasteiger partial charge in [0.25, 0.3) is 6.02 Å². The summed E-state index contributed by atoms with van der Waals surface area (Å²) in [6.07, 6.45) is 0. The molecular formula is C14H16N2O2S. The predicted molar refractivity (Wildman–Crippen MR) is 78.3 cm³/mol. The van der Waals surface area contributed by atoms with E-state index < -0.39 is 11.5 Å². The lowest BCUT2D eigenvalue weighted by Crippen LogP contribution is -2.40. The zero-order chi connectivity index (χ0) is 14.0. The lowest BCUT2D eigenvalue weighted by atomic mass is 9.90. The van der Waals surface area contributed by atoms with E-state index >= 15 is 0 Å².